The number of para-hydroxylation sites is 1. The number of quaternary nitrogens is 2. The fourth-order valence-corrected chi connectivity index (χ4v) is 4.18. The summed E-state index contributed by atoms with van der Waals surface area (Å²) in [6.45, 7) is 7.44. The SMILES string of the molecule is C[C@@H](C(=O)c1c[nH]c2ccccc12)[NH+]1CC[NH+](C/C=C/c2ccccc2)CC1. The molecule has 0 spiro atoms. The van der Waals surface area contributed by atoms with Gasteiger partial charge < -0.3 is 14.8 Å². The van der Waals surface area contributed by atoms with Gasteiger partial charge in [0.1, 0.15) is 32.2 Å². The number of aromatic amines is 1. The van der Waals surface area contributed by atoms with Gasteiger partial charge in [-0.2, -0.15) is 0 Å². The minimum Gasteiger partial charge on any atom is -0.360 e. The predicted molar refractivity (Wildman–Crippen MR) is 114 cm³/mol. The van der Waals surface area contributed by atoms with Crippen LogP contribution in [0.1, 0.15) is 22.8 Å². The van der Waals surface area contributed by atoms with E-state index in [-0.39, 0.29) is 11.8 Å². The molecule has 0 aliphatic carbocycles. The van der Waals surface area contributed by atoms with Crippen molar-refractivity contribution < 1.29 is 14.6 Å². The average Bonchev–Trinajstić information content (AvgIpc) is 3.18. The van der Waals surface area contributed by atoms with E-state index in [1.165, 1.54) is 10.5 Å². The van der Waals surface area contributed by atoms with Crippen LogP contribution >= 0.6 is 0 Å². The number of nitrogens with one attached hydrogen (secondary N) is 3. The van der Waals surface area contributed by atoms with E-state index in [0.29, 0.717) is 0 Å². The number of aromatic nitrogens is 1. The summed E-state index contributed by atoms with van der Waals surface area (Å²) >= 11 is 0. The lowest BCUT2D eigenvalue weighted by atomic mass is 10.0. The fraction of sp³-hybridized carbons (Fsp3) is 0.292. The van der Waals surface area contributed by atoms with Gasteiger partial charge in [0.25, 0.3) is 0 Å². The Labute approximate surface area is 166 Å². The molecule has 1 atom stereocenters. The van der Waals surface area contributed by atoms with Crippen LogP contribution in [0.5, 0.6) is 0 Å². The standard InChI is InChI=1S/C24H27N3O/c1-19(24(28)22-18-25-23-12-6-5-11-21(22)23)27-16-14-26(15-17-27)13-7-10-20-8-3-2-4-9-20/h2-12,18-19,25H,13-17H2,1H3/p+2/b10-7+/t19-/m0/s1. The number of hydrogen-bond acceptors (Lipinski definition) is 1. The first-order chi connectivity index (χ1) is 13.7. The molecule has 0 radical (unpaired) electrons. The molecular formula is C24H29N3O+2. The van der Waals surface area contributed by atoms with Crippen LogP contribution in [0.4, 0.5) is 0 Å². The molecule has 0 bridgehead atoms. The average molecular weight is 376 g/mol. The number of Topliss-reactive ketones (excluding diaryl/α,β-unsaturated/α-hetero) is 1. The second-order valence-electron chi connectivity index (χ2n) is 7.76. The number of fused-ring (bicyclic) bond motifs is 1. The van der Waals surface area contributed by atoms with Gasteiger partial charge in [0, 0.05) is 22.7 Å². The molecule has 0 saturated carbocycles. The second kappa shape index (κ2) is 8.55. The van der Waals surface area contributed by atoms with Gasteiger partial charge >= 0.3 is 0 Å². The number of ketones is 1. The van der Waals surface area contributed by atoms with Gasteiger partial charge in [-0.25, -0.2) is 0 Å². The Kier molecular flexibility index (Phi) is 5.70. The molecule has 1 fully saturated rings. The van der Waals surface area contributed by atoms with Crippen molar-refractivity contribution in [3.05, 3.63) is 78.0 Å². The Morgan fingerprint density at radius 2 is 1.75 bits per heavy atom. The van der Waals surface area contributed by atoms with Crippen LogP contribution in [0.25, 0.3) is 17.0 Å². The molecule has 0 unspecified atom stereocenters. The molecule has 144 valence electrons. The summed E-state index contributed by atoms with van der Waals surface area (Å²) in [7, 11) is 0. The summed E-state index contributed by atoms with van der Waals surface area (Å²) in [5.41, 5.74) is 3.12. The van der Waals surface area contributed by atoms with Gasteiger partial charge in [0.2, 0.25) is 5.78 Å². The van der Waals surface area contributed by atoms with E-state index >= 15 is 0 Å². The normalized spacial score (nSPS) is 21.2. The number of rotatable bonds is 6. The van der Waals surface area contributed by atoms with Crippen molar-refractivity contribution >= 4 is 22.8 Å². The van der Waals surface area contributed by atoms with Gasteiger partial charge in [-0.3, -0.25) is 4.79 Å². The highest BCUT2D eigenvalue weighted by atomic mass is 16.1. The highest BCUT2D eigenvalue weighted by molar-refractivity contribution is 6.09. The van der Waals surface area contributed by atoms with Crippen LogP contribution in [0.3, 0.4) is 0 Å². The molecule has 3 aromatic rings. The third kappa shape index (κ3) is 4.08. The zero-order valence-corrected chi connectivity index (χ0v) is 16.4. The number of H-pyrrole nitrogens is 1. The van der Waals surface area contributed by atoms with Gasteiger partial charge in [-0.1, -0.05) is 54.6 Å². The molecule has 1 aromatic heterocycles. The molecule has 1 aliphatic heterocycles. The molecule has 2 heterocycles. The minimum absolute atomic E-state index is 0.000571. The third-order valence-electron chi connectivity index (χ3n) is 5.98. The van der Waals surface area contributed by atoms with Crippen molar-refractivity contribution in [2.45, 2.75) is 13.0 Å². The number of benzene rings is 2. The van der Waals surface area contributed by atoms with Crippen LogP contribution in [-0.2, 0) is 0 Å². The van der Waals surface area contributed by atoms with Gasteiger partial charge in [0.05, 0.1) is 6.54 Å². The fourth-order valence-electron chi connectivity index (χ4n) is 4.18. The van der Waals surface area contributed by atoms with E-state index in [9.17, 15) is 4.79 Å². The molecule has 4 heteroatoms. The molecule has 1 aliphatic rings. The first-order valence-electron chi connectivity index (χ1n) is 10.2. The van der Waals surface area contributed by atoms with Crippen molar-refractivity contribution in [3.8, 4) is 0 Å². The maximum absolute atomic E-state index is 13.1. The highest BCUT2D eigenvalue weighted by Gasteiger charge is 2.32. The van der Waals surface area contributed by atoms with Crippen LogP contribution in [0.15, 0.2) is 66.9 Å². The van der Waals surface area contributed by atoms with Gasteiger partial charge in [-0.05, 0) is 24.6 Å². The van der Waals surface area contributed by atoms with Crippen LogP contribution in [-0.4, -0.2) is 49.5 Å². The van der Waals surface area contributed by atoms with Crippen LogP contribution in [0.2, 0.25) is 0 Å². The zero-order chi connectivity index (χ0) is 19.3. The number of piperazine rings is 1. The largest absolute Gasteiger partial charge is 0.360 e. The first kappa shape index (κ1) is 18.7. The van der Waals surface area contributed by atoms with E-state index in [0.717, 1.165) is 49.2 Å². The maximum Gasteiger partial charge on any atom is 0.221 e. The summed E-state index contributed by atoms with van der Waals surface area (Å²) in [6, 6.07) is 18.5. The summed E-state index contributed by atoms with van der Waals surface area (Å²) < 4.78 is 0. The minimum atomic E-state index is 0.000571. The Hall–Kier alpha value is -2.69. The van der Waals surface area contributed by atoms with E-state index in [2.05, 4.69) is 48.3 Å². The monoisotopic (exact) mass is 375 g/mol. The Balaban J connectivity index is 1.32. The summed E-state index contributed by atoms with van der Waals surface area (Å²) in [5.74, 6) is 0.250. The predicted octanol–water partition coefficient (Wildman–Crippen LogP) is 1.24. The molecule has 4 rings (SSSR count). The summed E-state index contributed by atoms with van der Waals surface area (Å²) in [6.07, 6.45) is 6.35. The maximum atomic E-state index is 13.1. The van der Waals surface area contributed by atoms with Crippen LogP contribution < -0.4 is 9.80 Å². The number of carbonyl (C=O) groups is 1. The van der Waals surface area contributed by atoms with Crippen molar-refractivity contribution in [2.24, 2.45) is 0 Å². The van der Waals surface area contributed by atoms with E-state index in [1.807, 2.05) is 36.5 Å². The summed E-state index contributed by atoms with van der Waals surface area (Å²) in [4.78, 5) is 19.3. The van der Waals surface area contributed by atoms with E-state index in [1.54, 1.807) is 4.90 Å². The molecule has 28 heavy (non-hydrogen) atoms. The van der Waals surface area contributed by atoms with Crippen LogP contribution in [0, 0.1) is 0 Å². The molecule has 3 N–H and O–H groups in total. The molecule has 0 amide bonds. The lowest BCUT2D eigenvalue weighted by Crippen LogP contribution is -3.29. The lowest BCUT2D eigenvalue weighted by Gasteiger charge is -2.32. The molecule has 1 saturated heterocycles. The highest BCUT2D eigenvalue weighted by Crippen LogP contribution is 2.18. The second-order valence-corrected chi connectivity index (χ2v) is 7.76. The quantitative estimate of drug-likeness (QED) is 0.558. The smallest absolute Gasteiger partial charge is 0.221 e. The van der Waals surface area contributed by atoms with Gasteiger partial charge in [0.15, 0.2) is 0 Å². The Bertz CT molecular complexity index is 952. The van der Waals surface area contributed by atoms with Crippen molar-refractivity contribution in [1.82, 2.24) is 4.98 Å². The van der Waals surface area contributed by atoms with Crippen molar-refractivity contribution in [2.75, 3.05) is 32.7 Å². The Morgan fingerprint density at radius 1 is 1.04 bits per heavy atom. The van der Waals surface area contributed by atoms with Crippen molar-refractivity contribution in [1.29, 1.82) is 0 Å². The lowest BCUT2D eigenvalue weighted by molar-refractivity contribution is -1.02. The van der Waals surface area contributed by atoms with Crippen molar-refractivity contribution in [3.63, 3.8) is 0 Å². The molecular weight excluding hydrogens is 346 g/mol. The number of carbonyl (C=O) groups excluding carboxylic acids is 1. The number of hydrogen-bond donors (Lipinski definition) is 3. The molecule has 4 nitrogen and oxygen atoms in total. The summed E-state index contributed by atoms with van der Waals surface area (Å²) in [5, 5.41) is 1.04. The van der Waals surface area contributed by atoms with Gasteiger partial charge in [-0.15, -0.1) is 0 Å². The first-order valence-corrected chi connectivity index (χ1v) is 10.2. The zero-order valence-electron chi connectivity index (χ0n) is 16.4. The topological polar surface area (TPSA) is 41.7 Å². The van der Waals surface area contributed by atoms with E-state index in [4.69, 9.17) is 0 Å². The third-order valence-corrected chi connectivity index (χ3v) is 5.98. The Morgan fingerprint density at radius 3 is 2.54 bits per heavy atom. The molecule has 2 aromatic carbocycles. The van der Waals surface area contributed by atoms with E-state index < -0.39 is 0 Å².